The molecule has 0 spiro atoms. The van der Waals surface area contributed by atoms with E-state index in [1.54, 1.807) is 30.2 Å². The zero-order valence-corrected chi connectivity index (χ0v) is 34.2. The molecular weight excluding hydrogens is 796 g/mol. The molecule has 1 saturated heterocycles. The summed E-state index contributed by atoms with van der Waals surface area (Å²) >= 11 is 0. The maximum Gasteiger partial charge on any atom is 0.391 e. The molecular formula is C45H50F3N5O8. The molecule has 2 N–H and O–H groups in total. The first-order valence-electron chi connectivity index (χ1n) is 20.6. The number of likely N-dealkylation sites (N-methyl/N-ethyl adjacent to an activating group) is 1. The van der Waals surface area contributed by atoms with Gasteiger partial charge in [-0.3, -0.25) is 39.0 Å². The van der Waals surface area contributed by atoms with Crippen molar-refractivity contribution in [3.05, 3.63) is 94.3 Å². The second kappa shape index (κ2) is 20.0. The smallest absolute Gasteiger partial charge is 0.391 e. The summed E-state index contributed by atoms with van der Waals surface area (Å²) in [6.45, 7) is 1.17. The molecule has 0 radical (unpaired) electrons. The number of nitrogens with zero attached hydrogens (tertiary/aromatic N) is 3. The Morgan fingerprint density at radius 2 is 1.67 bits per heavy atom. The SMILES string of the molecule is COc1cnc(C(=O)NCc2cccc(CC(=O)N(C)CCCCCCOc3ccc4c(c3)C(=O)N(C3CCC(=O)NC3=O)C4=O)c2)cc1/C=C/C1CCC(C(F)(F)F)CC1. The van der Waals surface area contributed by atoms with Crippen LogP contribution < -0.4 is 20.1 Å². The van der Waals surface area contributed by atoms with E-state index in [1.807, 2.05) is 30.3 Å². The number of rotatable bonds is 17. The van der Waals surface area contributed by atoms with Gasteiger partial charge in [0.1, 0.15) is 23.2 Å². The van der Waals surface area contributed by atoms with E-state index in [0.717, 1.165) is 41.7 Å². The average Bonchev–Trinajstić information content (AvgIpc) is 3.48. The third-order valence-electron chi connectivity index (χ3n) is 11.4. The number of aromatic nitrogens is 1. The average molecular weight is 846 g/mol. The largest absolute Gasteiger partial charge is 0.495 e. The molecule has 3 aliphatic rings. The number of pyridine rings is 1. The minimum atomic E-state index is -4.16. The number of amides is 6. The normalized spacial score (nSPS) is 19.2. The van der Waals surface area contributed by atoms with Crippen LogP contribution in [0.1, 0.15) is 112 Å². The Labute approximate surface area is 352 Å². The van der Waals surface area contributed by atoms with Crippen LogP contribution in [0.2, 0.25) is 0 Å². The van der Waals surface area contributed by atoms with Crippen molar-refractivity contribution in [3.63, 3.8) is 0 Å². The van der Waals surface area contributed by atoms with Crippen LogP contribution in [0, 0.1) is 11.8 Å². The molecule has 16 heteroatoms. The summed E-state index contributed by atoms with van der Waals surface area (Å²) < 4.78 is 50.5. The Bertz CT molecular complexity index is 2170. The third kappa shape index (κ3) is 11.4. The second-order valence-corrected chi connectivity index (χ2v) is 15.7. The van der Waals surface area contributed by atoms with E-state index in [0.29, 0.717) is 43.1 Å². The molecule has 1 saturated carbocycles. The van der Waals surface area contributed by atoms with Gasteiger partial charge in [-0.15, -0.1) is 0 Å². The molecule has 3 heterocycles. The minimum Gasteiger partial charge on any atom is -0.495 e. The molecule has 13 nitrogen and oxygen atoms in total. The molecule has 1 aliphatic carbocycles. The second-order valence-electron chi connectivity index (χ2n) is 15.7. The summed E-state index contributed by atoms with van der Waals surface area (Å²) in [5, 5.41) is 5.05. The highest BCUT2D eigenvalue weighted by molar-refractivity contribution is 6.23. The number of nitrogens with one attached hydrogen (secondary N) is 2. The first-order valence-corrected chi connectivity index (χ1v) is 20.6. The van der Waals surface area contributed by atoms with Crippen molar-refractivity contribution in [3.8, 4) is 11.5 Å². The van der Waals surface area contributed by atoms with Crippen molar-refractivity contribution in [1.29, 1.82) is 0 Å². The van der Waals surface area contributed by atoms with Gasteiger partial charge in [0.15, 0.2) is 0 Å². The predicted molar refractivity (Wildman–Crippen MR) is 217 cm³/mol. The van der Waals surface area contributed by atoms with Gasteiger partial charge in [-0.1, -0.05) is 49.3 Å². The van der Waals surface area contributed by atoms with Crippen LogP contribution in [0.3, 0.4) is 0 Å². The van der Waals surface area contributed by atoms with Crippen molar-refractivity contribution in [1.82, 2.24) is 25.4 Å². The Morgan fingerprint density at radius 3 is 2.41 bits per heavy atom. The zero-order chi connectivity index (χ0) is 43.7. The van der Waals surface area contributed by atoms with E-state index >= 15 is 0 Å². The van der Waals surface area contributed by atoms with E-state index < -0.39 is 47.7 Å². The Morgan fingerprint density at radius 1 is 0.934 bits per heavy atom. The highest BCUT2D eigenvalue weighted by Gasteiger charge is 2.45. The molecule has 6 amide bonds. The van der Waals surface area contributed by atoms with E-state index in [-0.39, 0.29) is 67.3 Å². The lowest BCUT2D eigenvalue weighted by molar-refractivity contribution is -0.183. The van der Waals surface area contributed by atoms with E-state index in [1.165, 1.54) is 25.4 Å². The van der Waals surface area contributed by atoms with Crippen LogP contribution in [0.5, 0.6) is 11.5 Å². The predicted octanol–water partition coefficient (Wildman–Crippen LogP) is 6.44. The number of piperidine rings is 1. The number of allylic oxidation sites excluding steroid dienone is 1. The van der Waals surface area contributed by atoms with Gasteiger partial charge in [0.05, 0.1) is 43.4 Å². The number of fused-ring (bicyclic) bond motifs is 1. The van der Waals surface area contributed by atoms with Gasteiger partial charge < -0.3 is 19.7 Å². The monoisotopic (exact) mass is 845 g/mol. The number of unbranched alkanes of at least 4 members (excludes halogenated alkanes) is 3. The molecule has 1 unspecified atom stereocenters. The molecule has 3 aromatic rings. The summed E-state index contributed by atoms with van der Waals surface area (Å²) in [5.74, 6) is -3.07. The molecule has 324 valence electrons. The number of ether oxygens (including phenoxy) is 2. The minimum absolute atomic E-state index is 0.00564. The van der Waals surface area contributed by atoms with Crippen LogP contribution >= 0.6 is 0 Å². The zero-order valence-electron chi connectivity index (χ0n) is 34.2. The van der Waals surface area contributed by atoms with Crippen LogP contribution in [0.4, 0.5) is 13.2 Å². The molecule has 6 rings (SSSR count). The Kier molecular flexibility index (Phi) is 14.6. The van der Waals surface area contributed by atoms with E-state index in [9.17, 15) is 41.9 Å². The number of imide groups is 2. The topological polar surface area (TPSA) is 164 Å². The standard InChI is InChI=1S/C45H50F3N5O8/c1-52(20-5-3-4-6-21-61-33-16-17-34-35(25-33)44(59)53(43(34)58)37-18-19-39(54)51-42(37)57)40(55)23-29-8-7-9-30(22-29)26-50-41(56)36-24-31(38(60-2)27-49-36)13-10-28-11-14-32(15-12-28)45(46,47)48/h7-10,13,16-17,22,24-25,27-28,32,37H,3-6,11-12,14-15,18-21,23,26H2,1-2H3,(H,50,56)(H,51,54,57)/b13-10+. The van der Waals surface area contributed by atoms with Crippen molar-refractivity contribution >= 4 is 41.5 Å². The first kappa shape index (κ1) is 44.5. The van der Waals surface area contributed by atoms with Crippen LogP contribution in [-0.4, -0.2) is 89.8 Å². The number of methoxy groups -OCH3 is 1. The summed E-state index contributed by atoms with van der Waals surface area (Å²) in [7, 11) is 3.25. The van der Waals surface area contributed by atoms with Gasteiger partial charge in [0.2, 0.25) is 17.7 Å². The van der Waals surface area contributed by atoms with Crippen molar-refractivity contribution in [2.75, 3.05) is 27.3 Å². The van der Waals surface area contributed by atoms with Gasteiger partial charge >= 0.3 is 6.18 Å². The highest BCUT2D eigenvalue weighted by Crippen LogP contribution is 2.40. The molecule has 0 bridgehead atoms. The van der Waals surface area contributed by atoms with Crippen LogP contribution in [0.15, 0.2) is 60.8 Å². The highest BCUT2D eigenvalue weighted by atomic mass is 19.4. The van der Waals surface area contributed by atoms with E-state index in [4.69, 9.17) is 9.47 Å². The molecule has 2 fully saturated rings. The Balaban J connectivity index is 0.887. The fraction of sp³-hybridized carbons (Fsp3) is 0.444. The lowest BCUT2D eigenvalue weighted by Crippen LogP contribution is -2.54. The fourth-order valence-corrected chi connectivity index (χ4v) is 7.85. The number of carbonyl (C=O) groups excluding carboxylic acids is 6. The molecule has 1 aromatic heterocycles. The Hall–Kier alpha value is -6.06. The van der Waals surface area contributed by atoms with Crippen molar-refractivity contribution in [2.45, 2.75) is 89.4 Å². The fourth-order valence-electron chi connectivity index (χ4n) is 7.85. The van der Waals surface area contributed by atoms with Gasteiger partial charge in [-0.25, -0.2) is 4.98 Å². The number of hydrogen-bond acceptors (Lipinski definition) is 9. The number of hydrogen-bond donors (Lipinski definition) is 2. The van der Waals surface area contributed by atoms with Gasteiger partial charge in [0, 0.05) is 32.1 Å². The van der Waals surface area contributed by atoms with Crippen molar-refractivity contribution < 1.29 is 51.4 Å². The first-order chi connectivity index (χ1) is 29.2. The maximum atomic E-state index is 13.1. The third-order valence-corrected chi connectivity index (χ3v) is 11.4. The summed E-state index contributed by atoms with van der Waals surface area (Å²) in [5.41, 5.74) is 2.74. The van der Waals surface area contributed by atoms with Gasteiger partial charge in [-0.05, 0) is 86.3 Å². The number of alkyl halides is 3. The number of benzene rings is 2. The quantitative estimate of drug-likeness (QED) is 0.115. The summed E-state index contributed by atoms with van der Waals surface area (Å²) in [4.78, 5) is 82.8. The summed E-state index contributed by atoms with van der Waals surface area (Å²) in [6.07, 6.45) is 5.59. The van der Waals surface area contributed by atoms with Gasteiger partial charge in [0.25, 0.3) is 17.7 Å². The van der Waals surface area contributed by atoms with Gasteiger partial charge in [-0.2, -0.15) is 13.2 Å². The lowest BCUT2D eigenvalue weighted by atomic mass is 9.81. The number of halogens is 3. The van der Waals surface area contributed by atoms with E-state index in [2.05, 4.69) is 15.6 Å². The lowest BCUT2D eigenvalue weighted by Gasteiger charge is -2.28. The number of carbonyl (C=O) groups is 6. The molecule has 1 atom stereocenters. The maximum absolute atomic E-state index is 13.1. The van der Waals surface area contributed by atoms with Crippen LogP contribution in [-0.2, 0) is 27.3 Å². The molecule has 2 aliphatic heterocycles. The van der Waals surface area contributed by atoms with Crippen LogP contribution in [0.25, 0.3) is 6.08 Å². The molecule has 2 aromatic carbocycles. The summed E-state index contributed by atoms with van der Waals surface area (Å²) in [6, 6.07) is 12.6. The molecule has 61 heavy (non-hydrogen) atoms. The van der Waals surface area contributed by atoms with Crippen molar-refractivity contribution in [2.24, 2.45) is 11.8 Å².